The Labute approximate surface area is 215 Å². The fraction of sp³-hybridized carbons (Fsp3) is 0.467. The van der Waals surface area contributed by atoms with Crippen LogP contribution in [0.15, 0.2) is 54.6 Å². The molecule has 6 nitrogen and oxygen atoms in total. The molecule has 190 valence electrons. The first-order valence-electron chi connectivity index (χ1n) is 12.8. The van der Waals surface area contributed by atoms with Gasteiger partial charge >= 0.3 is 0 Å². The van der Waals surface area contributed by atoms with E-state index in [2.05, 4.69) is 55.0 Å². The first-order chi connectivity index (χ1) is 17.2. The second-order valence-corrected chi connectivity index (χ2v) is 11.0. The van der Waals surface area contributed by atoms with E-state index in [0.29, 0.717) is 25.8 Å². The summed E-state index contributed by atoms with van der Waals surface area (Å²) in [6, 6.07) is 17.4. The van der Waals surface area contributed by atoms with Gasteiger partial charge in [0.05, 0.1) is 6.54 Å². The normalized spacial score (nSPS) is 20.0. The number of nitrogens with one attached hydrogen (secondary N) is 1. The van der Waals surface area contributed by atoms with Crippen molar-refractivity contribution in [2.45, 2.75) is 65.1 Å². The third-order valence-electron chi connectivity index (χ3n) is 7.03. The van der Waals surface area contributed by atoms with Crippen LogP contribution in [0.1, 0.15) is 52.5 Å². The zero-order chi connectivity index (χ0) is 25.8. The van der Waals surface area contributed by atoms with Crippen molar-refractivity contribution in [1.82, 2.24) is 15.1 Å². The van der Waals surface area contributed by atoms with Gasteiger partial charge in [0.2, 0.25) is 11.8 Å². The highest BCUT2D eigenvalue weighted by Gasteiger charge is 2.53. The number of likely N-dealkylation sites (tertiary alicyclic amines) is 1. The molecule has 4 rings (SSSR count). The molecule has 0 bridgehead atoms. The molecule has 2 saturated heterocycles. The number of nitrogens with zero attached hydrogens (tertiary/aromatic N) is 2. The Kier molecular flexibility index (Phi) is 7.70. The maximum Gasteiger partial charge on any atom is 0.246 e. The summed E-state index contributed by atoms with van der Waals surface area (Å²) in [4.78, 5) is 31.1. The van der Waals surface area contributed by atoms with Crippen molar-refractivity contribution < 1.29 is 14.3 Å². The van der Waals surface area contributed by atoms with Gasteiger partial charge in [-0.1, -0.05) is 57.0 Å². The summed E-state index contributed by atoms with van der Waals surface area (Å²) in [5.41, 5.74) is 0.305. The molecule has 0 saturated carbocycles. The number of carbonyl (C=O) groups excluding carboxylic acids is 2. The average molecular weight is 488 g/mol. The molecule has 1 unspecified atom stereocenters. The van der Waals surface area contributed by atoms with Crippen LogP contribution in [-0.2, 0) is 16.1 Å². The molecule has 1 atom stereocenters. The topological polar surface area (TPSA) is 61.9 Å². The van der Waals surface area contributed by atoms with Crippen LogP contribution in [0.2, 0.25) is 0 Å². The number of hydrogen-bond acceptors (Lipinski definition) is 4. The molecule has 2 heterocycles. The third-order valence-corrected chi connectivity index (χ3v) is 7.03. The Hall–Kier alpha value is -3.30. The Morgan fingerprint density at radius 3 is 2.25 bits per heavy atom. The van der Waals surface area contributed by atoms with Crippen LogP contribution in [0.4, 0.5) is 0 Å². The molecule has 36 heavy (non-hydrogen) atoms. The number of piperazine rings is 1. The van der Waals surface area contributed by atoms with Crippen LogP contribution in [0.3, 0.4) is 0 Å². The van der Waals surface area contributed by atoms with Crippen LogP contribution in [0, 0.1) is 17.3 Å². The lowest BCUT2D eigenvalue weighted by Gasteiger charge is -2.51. The van der Waals surface area contributed by atoms with Crippen molar-refractivity contribution in [2.24, 2.45) is 5.41 Å². The average Bonchev–Trinajstić information content (AvgIpc) is 2.85. The number of carbonyl (C=O) groups is 2. The van der Waals surface area contributed by atoms with Crippen LogP contribution in [-0.4, -0.2) is 52.8 Å². The predicted molar refractivity (Wildman–Crippen MR) is 141 cm³/mol. The number of piperidine rings is 1. The molecule has 1 N–H and O–H groups in total. The number of para-hydroxylation sites is 1. The van der Waals surface area contributed by atoms with Crippen molar-refractivity contribution in [2.75, 3.05) is 19.6 Å². The van der Waals surface area contributed by atoms with E-state index in [9.17, 15) is 9.59 Å². The van der Waals surface area contributed by atoms with Crippen molar-refractivity contribution in [3.05, 3.63) is 60.2 Å². The fourth-order valence-electron chi connectivity index (χ4n) is 5.14. The highest BCUT2D eigenvalue weighted by Crippen LogP contribution is 2.35. The quantitative estimate of drug-likeness (QED) is 0.605. The minimum Gasteiger partial charge on any atom is -0.457 e. The van der Waals surface area contributed by atoms with E-state index < -0.39 is 11.6 Å². The van der Waals surface area contributed by atoms with Crippen LogP contribution >= 0.6 is 0 Å². The molecule has 1 spiro atoms. The predicted octanol–water partition coefficient (Wildman–Crippen LogP) is 4.60. The summed E-state index contributed by atoms with van der Waals surface area (Å²) in [5, 5.41) is 3.07. The molecule has 0 aromatic heterocycles. The van der Waals surface area contributed by atoms with E-state index in [1.165, 1.54) is 5.56 Å². The summed E-state index contributed by atoms with van der Waals surface area (Å²) < 4.78 is 5.90. The van der Waals surface area contributed by atoms with Gasteiger partial charge in [-0.05, 0) is 61.4 Å². The third kappa shape index (κ3) is 5.91. The van der Waals surface area contributed by atoms with Gasteiger partial charge in [-0.25, -0.2) is 0 Å². The molecule has 0 aliphatic carbocycles. The first kappa shape index (κ1) is 25.8. The number of rotatable bonds is 6. The van der Waals surface area contributed by atoms with Gasteiger partial charge in [-0.15, -0.1) is 5.92 Å². The van der Waals surface area contributed by atoms with Gasteiger partial charge in [-0.2, -0.15) is 0 Å². The van der Waals surface area contributed by atoms with E-state index in [-0.39, 0.29) is 17.2 Å². The molecular weight excluding hydrogens is 450 g/mol. The van der Waals surface area contributed by atoms with Gasteiger partial charge < -0.3 is 15.0 Å². The maximum absolute atomic E-state index is 13.5. The summed E-state index contributed by atoms with van der Waals surface area (Å²) in [6.07, 6.45) is 1.82. The molecule has 2 aromatic carbocycles. The second-order valence-electron chi connectivity index (χ2n) is 11.0. The highest BCUT2D eigenvalue weighted by molar-refractivity contribution is 6.00. The Morgan fingerprint density at radius 1 is 1.00 bits per heavy atom. The van der Waals surface area contributed by atoms with Gasteiger partial charge in [0, 0.05) is 19.6 Å². The maximum atomic E-state index is 13.5. The molecule has 6 heteroatoms. The molecule has 2 aromatic rings. The van der Waals surface area contributed by atoms with Crippen LogP contribution in [0.25, 0.3) is 0 Å². The second kappa shape index (κ2) is 10.8. The number of amides is 2. The lowest BCUT2D eigenvalue weighted by Crippen LogP contribution is -2.73. The smallest absolute Gasteiger partial charge is 0.246 e. The Morgan fingerprint density at radius 2 is 1.64 bits per heavy atom. The lowest BCUT2D eigenvalue weighted by molar-refractivity contribution is -0.161. The van der Waals surface area contributed by atoms with Gasteiger partial charge in [0.15, 0.2) is 0 Å². The van der Waals surface area contributed by atoms with Gasteiger partial charge in [0.25, 0.3) is 0 Å². The Bertz CT molecular complexity index is 1120. The van der Waals surface area contributed by atoms with Gasteiger partial charge in [-0.3, -0.25) is 14.5 Å². The van der Waals surface area contributed by atoms with Crippen LogP contribution in [0.5, 0.6) is 11.5 Å². The van der Waals surface area contributed by atoms with Crippen molar-refractivity contribution in [1.29, 1.82) is 0 Å². The summed E-state index contributed by atoms with van der Waals surface area (Å²) in [6.45, 7) is 10.6. The van der Waals surface area contributed by atoms with Crippen molar-refractivity contribution >= 4 is 11.8 Å². The lowest BCUT2D eigenvalue weighted by atomic mass is 9.79. The molecule has 2 aliphatic rings. The molecule has 0 radical (unpaired) electrons. The van der Waals surface area contributed by atoms with E-state index in [0.717, 1.165) is 31.1 Å². The van der Waals surface area contributed by atoms with Gasteiger partial charge in [0.1, 0.15) is 23.1 Å². The highest BCUT2D eigenvalue weighted by atomic mass is 16.5. The van der Waals surface area contributed by atoms with Crippen LogP contribution < -0.4 is 10.1 Å². The minimum absolute atomic E-state index is 0.00488. The van der Waals surface area contributed by atoms with Crippen molar-refractivity contribution in [3.63, 3.8) is 0 Å². The molecule has 2 fully saturated rings. The summed E-state index contributed by atoms with van der Waals surface area (Å²) >= 11 is 0. The van der Waals surface area contributed by atoms with E-state index in [1.807, 2.05) is 42.5 Å². The van der Waals surface area contributed by atoms with E-state index >= 15 is 0 Å². The number of hydrogen-bond donors (Lipinski definition) is 1. The van der Waals surface area contributed by atoms with E-state index in [4.69, 9.17) is 4.74 Å². The SMILES string of the molecule is CC#CCN1C(=O)C(CC(C)(C)C)NC(=O)C12CCN(Cc1ccc(Oc3ccccc3)cc1)CC2. The molecule has 2 amide bonds. The van der Waals surface area contributed by atoms with Crippen molar-refractivity contribution in [3.8, 4) is 23.3 Å². The number of benzene rings is 2. The largest absolute Gasteiger partial charge is 0.457 e. The zero-order valence-electron chi connectivity index (χ0n) is 21.8. The minimum atomic E-state index is -0.820. The summed E-state index contributed by atoms with van der Waals surface area (Å²) in [7, 11) is 0. The first-order valence-corrected chi connectivity index (χ1v) is 12.8. The number of ether oxygens (including phenoxy) is 1. The summed E-state index contributed by atoms with van der Waals surface area (Å²) in [5.74, 6) is 7.53. The molecular formula is C30H37N3O3. The van der Waals surface area contributed by atoms with E-state index in [1.54, 1.807) is 11.8 Å². The standard InChI is InChI=1S/C30H37N3O3/c1-5-6-18-33-27(34)26(21-29(2,3)4)31-28(35)30(33)16-19-32(20-17-30)22-23-12-14-25(15-13-23)36-24-10-8-7-9-11-24/h7-15,26H,16-22H2,1-4H3,(H,31,35). The molecule has 2 aliphatic heterocycles. The zero-order valence-corrected chi connectivity index (χ0v) is 21.8. The monoisotopic (exact) mass is 487 g/mol. The fourth-order valence-corrected chi connectivity index (χ4v) is 5.14. The Balaban J connectivity index is 1.40.